The van der Waals surface area contributed by atoms with Crippen LogP contribution < -0.4 is 15.2 Å². The zero-order valence-electron chi connectivity index (χ0n) is 15.2. The van der Waals surface area contributed by atoms with Gasteiger partial charge in [-0.25, -0.2) is 0 Å². The van der Waals surface area contributed by atoms with E-state index in [0.29, 0.717) is 35.8 Å². The zero-order valence-corrected chi connectivity index (χ0v) is 16.2. The van der Waals surface area contributed by atoms with Gasteiger partial charge in [0.1, 0.15) is 23.0 Å². The number of hydrogen-bond donors (Lipinski definition) is 3. The van der Waals surface area contributed by atoms with Crippen LogP contribution in [-0.2, 0) is 16.8 Å². The summed E-state index contributed by atoms with van der Waals surface area (Å²) in [6.07, 6.45) is 2.94. The fourth-order valence-corrected chi connectivity index (χ4v) is 2.29. The maximum atomic E-state index is 10.0. The molecule has 0 aliphatic rings. The predicted molar refractivity (Wildman–Crippen MR) is 103 cm³/mol. The van der Waals surface area contributed by atoms with E-state index in [4.69, 9.17) is 20.9 Å². The average molecular weight is 414 g/mol. The van der Waals surface area contributed by atoms with Crippen LogP contribution in [0, 0.1) is 0 Å². The van der Waals surface area contributed by atoms with Crippen molar-refractivity contribution in [1.82, 2.24) is 0 Å². The summed E-state index contributed by atoms with van der Waals surface area (Å²) in [4.78, 5) is 0. The predicted octanol–water partition coefficient (Wildman–Crippen LogP) is 4.29. The summed E-state index contributed by atoms with van der Waals surface area (Å²) in [5, 5.41) is 20.1. The van der Waals surface area contributed by atoms with Gasteiger partial charge in [-0.1, -0.05) is 6.08 Å². The van der Waals surface area contributed by atoms with Gasteiger partial charge in [-0.15, -0.1) is 5.70 Å². The molecule has 0 fully saturated rings. The number of nitrogens with two attached hydrogens (primary N) is 1. The first kappa shape index (κ1) is 22.3. The number of benzene rings is 2. The van der Waals surface area contributed by atoms with E-state index in [1.165, 1.54) is 24.3 Å². The van der Waals surface area contributed by atoms with E-state index < -0.39 is 0 Å². The molecule has 0 heterocycles. The fraction of sp³-hybridized carbons (Fsp3) is 0.200. The summed E-state index contributed by atoms with van der Waals surface area (Å²) in [6.45, 7) is 4.71. The van der Waals surface area contributed by atoms with Gasteiger partial charge in [-0.05, 0) is 44.2 Å². The molecule has 0 spiro atoms. The minimum Gasteiger partial charge on any atom is -0.697 e. The number of aromatic hydroxyl groups is 2. The Labute approximate surface area is 169 Å². The van der Waals surface area contributed by atoms with Crippen LogP contribution in [0.3, 0.4) is 0 Å². The monoisotopic (exact) mass is 414 g/mol. The first-order valence-electron chi connectivity index (χ1n) is 8.27. The molecular weight excluding hydrogens is 391 g/mol. The second-order valence-corrected chi connectivity index (χ2v) is 5.46. The summed E-state index contributed by atoms with van der Waals surface area (Å²) >= 11 is 0. The summed E-state index contributed by atoms with van der Waals surface area (Å²) < 4.78 is 10.6. The molecule has 0 amide bonds. The Morgan fingerprint density at radius 3 is 1.78 bits per heavy atom. The summed E-state index contributed by atoms with van der Waals surface area (Å²) in [5.74, 6) is 1.12. The molecule has 7 heteroatoms. The molecule has 5 N–H and O–H groups in total. The molecule has 27 heavy (non-hydrogen) atoms. The van der Waals surface area contributed by atoms with Crippen molar-refractivity contribution >= 4 is 12.2 Å². The second kappa shape index (κ2) is 10.4. The molecule has 1 radical (unpaired) electrons. The molecule has 6 nitrogen and oxygen atoms in total. The van der Waals surface area contributed by atoms with Crippen LogP contribution in [0.2, 0.25) is 0 Å². The number of hydrogen-bond acceptors (Lipinski definition) is 5. The molecule has 0 bridgehead atoms. The summed E-state index contributed by atoms with van der Waals surface area (Å²) in [5.41, 5.74) is 15.1. The van der Waals surface area contributed by atoms with Crippen molar-refractivity contribution in [3.05, 3.63) is 64.7 Å². The number of nitrogens with one attached hydrogen (secondary N) is 1. The van der Waals surface area contributed by atoms with Gasteiger partial charge in [0.25, 0.3) is 0 Å². The molecular formula is C20H23CoN2O4-. The van der Waals surface area contributed by atoms with Crippen molar-refractivity contribution in [2.45, 2.75) is 13.8 Å². The molecule has 0 unspecified atom stereocenters. The van der Waals surface area contributed by atoms with E-state index in [-0.39, 0.29) is 39.7 Å². The zero-order chi connectivity index (χ0) is 19.1. The fourth-order valence-electron chi connectivity index (χ4n) is 2.29. The standard InChI is InChI=1S/C20H23N2O4.Co/c1-3-25-15-7-5-13(19(23)11-15)9-17(21)18(22)10-14-6-8-16(26-4-2)12-20(14)24;/h5-12,21,23-24H,3-4,22H2,1-2H3;/q-1;. The summed E-state index contributed by atoms with van der Waals surface area (Å²) in [7, 11) is 0. The van der Waals surface area contributed by atoms with Gasteiger partial charge in [0.15, 0.2) is 0 Å². The number of rotatable bonds is 7. The van der Waals surface area contributed by atoms with Crippen molar-refractivity contribution in [3.63, 3.8) is 0 Å². The topological polar surface area (TPSA) is 109 Å². The van der Waals surface area contributed by atoms with Crippen molar-refractivity contribution in [2.75, 3.05) is 13.2 Å². The van der Waals surface area contributed by atoms with Crippen LogP contribution >= 0.6 is 0 Å². The van der Waals surface area contributed by atoms with E-state index in [0.717, 1.165) is 0 Å². The molecule has 2 aromatic rings. The Morgan fingerprint density at radius 1 is 0.926 bits per heavy atom. The molecule has 0 saturated carbocycles. The van der Waals surface area contributed by atoms with Gasteiger partial charge in [0, 0.05) is 45.7 Å². The van der Waals surface area contributed by atoms with Crippen molar-refractivity contribution in [1.29, 1.82) is 0 Å². The molecule has 2 rings (SSSR count). The SMILES string of the molecule is CCOc1ccc(C=C([NH-])C(N)=Cc2ccc(OCC)cc2O)c(O)c1.[Co]. The second-order valence-electron chi connectivity index (χ2n) is 5.46. The molecule has 0 aliphatic heterocycles. The third-order valence-electron chi connectivity index (χ3n) is 3.55. The van der Waals surface area contributed by atoms with E-state index >= 15 is 0 Å². The van der Waals surface area contributed by atoms with E-state index in [1.807, 2.05) is 13.8 Å². The average Bonchev–Trinajstić information content (AvgIpc) is 2.60. The van der Waals surface area contributed by atoms with E-state index in [9.17, 15) is 10.2 Å². The number of phenolic OH excluding ortho intramolecular Hbond substituents is 2. The Bertz CT molecular complexity index is 765. The first-order valence-corrected chi connectivity index (χ1v) is 8.27. The smallest absolute Gasteiger partial charge is 0.126 e. The van der Waals surface area contributed by atoms with Crippen molar-refractivity contribution < 1.29 is 36.5 Å². The van der Waals surface area contributed by atoms with Crippen LogP contribution in [-0.4, -0.2) is 23.4 Å². The molecule has 2 aromatic carbocycles. The van der Waals surface area contributed by atoms with Crippen LogP contribution in [0.1, 0.15) is 25.0 Å². The molecule has 0 saturated heterocycles. The maximum Gasteiger partial charge on any atom is 0.126 e. The quantitative estimate of drug-likeness (QED) is 0.586. The van der Waals surface area contributed by atoms with Crippen molar-refractivity contribution in [3.8, 4) is 23.0 Å². The van der Waals surface area contributed by atoms with Gasteiger partial charge in [-0.2, -0.15) is 0 Å². The molecule has 0 aliphatic carbocycles. The Kier molecular flexibility index (Phi) is 8.57. The van der Waals surface area contributed by atoms with E-state index in [2.05, 4.69) is 0 Å². The Morgan fingerprint density at radius 2 is 1.37 bits per heavy atom. The van der Waals surface area contributed by atoms with Gasteiger partial charge in [0.2, 0.25) is 0 Å². The van der Waals surface area contributed by atoms with E-state index in [1.54, 1.807) is 24.3 Å². The van der Waals surface area contributed by atoms with Crippen LogP contribution in [0.4, 0.5) is 0 Å². The van der Waals surface area contributed by atoms with Crippen LogP contribution in [0.25, 0.3) is 17.9 Å². The number of phenols is 2. The molecule has 147 valence electrons. The van der Waals surface area contributed by atoms with Gasteiger partial charge in [0.05, 0.1) is 13.2 Å². The minimum atomic E-state index is -0.00239. The first-order chi connectivity index (χ1) is 12.4. The third-order valence-corrected chi connectivity index (χ3v) is 3.55. The Balaban J connectivity index is 0.00000364. The third kappa shape index (κ3) is 6.16. The molecule has 0 aromatic heterocycles. The van der Waals surface area contributed by atoms with Crippen LogP contribution in [0.15, 0.2) is 47.8 Å². The minimum absolute atomic E-state index is 0. The maximum absolute atomic E-state index is 10.0. The van der Waals surface area contributed by atoms with Crippen molar-refractivity contribution in [2.24, 2.45) is 5.73 Å². The Hall–Kier alpha value is -2.77. The normalized spacial score (nSPS) is 11.6. The largest absolute Gasteiger partial charge is 0.697 e. The molecule has 0 atom stereocenters. The summed E-state index contributed by atoms with van der Waals surface area (Å²) in [6, 6.07) is 9.72. The van der Waals surface area contributed by atoms with Gasteiger partial charge >= 0.3 is 0 Å². The van der Waals surface area contributed by atoms with Crippen LogP contribution in [0.5, 0.6) is 23.0 Å². The van der Waals surface area contributed by atoms with Gasteiger partial charge < -0.3 is 31.2 Å². The van der Waals surface area contributed by atoms with Gasteiger partial charge in [-0.3, -0.25) is 0 Å². The number of ether oxygens (including phenoxy) is 2.